The van der Waals surface area contributed by atoms with E-state index in [1.807, 2.05) is 30.3 Å². The summed E-state index contributed by atoms with van der Waals surface area (Å²) in [5, 5.41) is -1.60. The third-order valence-corrected chi connectivity index (χ3v) is 4.20. The fourth-order valence-electron chi connectivity index (χ4n) is 1.80. The Kier molecular flexibility index (Phi) is 5.12. The van der Waals surface area contributed by atoms with Gasteiger partial charge in [-0.2, -0.15) is 13.2 Å². The smallest absolute Gasteiger partial charge is 0.404 e. The van der Waals surface area contributed by atoms with E-state index in [0.29, 0.717) is 5.88 Å². The van der Waals surface area contributed by atoms with Gasteiger partial charge in [-0.25, -0.2) is 4.98 Å². The van der Waals surface area contributed by atoms with Gasteiger partial charge in [-0.15, -0.1) is 11.8 Å². The van der Waals surface area contributed by atoms with Crippen molar-refractivity contribution in [1.82, 2.24) is 4.98 Å². The number of aromatic nitrogens is 1. The normalized spacial score (nSPS) is 13.0. The minimum Gasteiger partial charge on any atom is -0.481 e. The molecule has 2 nitrogen and oxygen atoms in total. The van der Waals surface area contributed by atoms with E-state index in [0.717, 1.165) is 17.3 Å². The molecule has 1 aromatic carbocycles. The first kappa shape index (κ1) is 15.7. The molecule has 1 atom stereocenters. The largest absolute Gasteiger partial charge is 0.481 e. The summed E-state index contributed by atoms with van der Waals surface area (Å²) in [7, 11) is 1.42. The number of alkyl halides is 3. The minimum atomic E-state index is -4.32. The molecule has 0 bridgehead atoms. The monoisotopic (exact) mass is 313 g/mol. The summed E-state index contributed by atoms with van der Waals surface area (Å²) >= 11 is 0.842. The molecule has 112 valence electrons. The van der Waals surface area contributed by atoms with E-state index in [4.69, 9.17) is 4.74 Å². The summed E-state index contributed by atoms with van der Waals surface area (Å²) in [5.41, 5.74) is 0.988. The van der Waals surface area contributed by atoms with Crippen molar-refractivity contribution in [3.8, 4) is 5.88 Å². The van der Waals surface area contributed by atoms with Crippen LogP contribution in [-0.2, 0) is 5.75 Å². The van der Waals surface area contributed by atoms with Gasteiger partial charge >= 0.3 is 6.18 Å². The first-order chi connectivity index (χ1) is 10.0. The lowest BCUT2D eigenvalue weighted by Gasteiger charge is -2.20. The van der Waals surface area contributed by atoms with Gasteiger partial charge in [-0.3, -0.25) is 0 Å². The van der Waals surface area contributed by atoms with Crippen molar-refractivity contribution in [3.05, 3.63) is 59.8 Å². The zero-order chi connectivity index (χ0) is 15.3. The number of methoxy groups -OCH3 is 1. The van der Waals surface area contributed by atoms with Gasteiger partial charge in [0.1, 0.15) is 5.25 Å². The number of hydrogen-bond donors (Lipinski definition) is 0. The molecule has 0 fully saturated rings. The summed E-state index contributed by atoms with van der Waals surface area (Å²) in [6.07, 6.45) is -3.11. The lowest BCUT2D eigenvalue weighted by molar-refractivity contribution is -0.129. The van der Waals surface area contributed by atoms with Crippen LogP contribution in [-0.4, -0.2) is 18.3 Å². The molecule has 0 aliphatic carbocycles. The molecule has 0 saturated carbocycles. The summed E-state index contributed by atoms with van der Waals surface area (Å²) in [6, 6.07) is 11.9. The SMILES string of the molecule is COc1ccc([C@@H](SCc2ccccc2)C(F)(F)F)cn1. The second kappa shape index (κ2) is 6.85. The van der Waals surface area contributed by atoms with Crippen LogP contribution in [0.4, 0.5) is 13.2 Å². The molecule has 0 aliphatic heterocycles. The van der Waals surface area contributed by atoms with E-state index in [1.54, 1.807) is 0 Å². The molecule has 1 heterocycles. The first-order valence-electron chi connectivity index (χ1n) is 6.23. The number of ether oxygens (including phenoxy) is 1. The van der Waals surface area contributed by atoms with Crippen molar-refractivity contribution in [2.24, 2.45) is 0 Å². The Bertz CT molecular complexity index is 557. The zero-order valence-electron chi connectivity index (χ0n) is 11.3. The van der Waals surface area contributed by atoms with Gasteiger partial charge < -0.3 is 4.74 Å². The Morgan fingerprint density at radius 3 is 2.38 bits per heavy atom. The predicted octanol–water partition coefficient (Wildman–Crippen LogP) is 4.63. The number of halogens is 3. The van der Waals surface area contributed by atoms with Crippen LogP contribution in [0.2, 0.25) is 0 Å². The second-order valence-electron chi connectivity index (χ2n) is 4.35. The van der Waals surface area contributed by atoms with Crippen LogP contribution in [0.25, 0.3) is 0 Å². The summed E-state index contributed by atoms with van der Waals surface area (Å²) in [6.45, 7) is 0. The van der Waals surface area contributed by atoms with E-state index in [2.05, 4.69) is 4.98 Å². The van der Waals surface area contributed by atoms with Crippen molar-refractivity contribution in [1.29, 1.82) is 0 Å². The average molecular weight is 313 g/mol. The van der Waals surface area contributed by atoms with Crippen LogP contribution < -0.4 is 4.74 Å². The Labute approximate surface area is 125 Å². The maximum atomic E-state index is 13.2. The number of hydrogen-bond acceptors (Lipinski definition) is 3. The molecular weight excluding hydrogens is 299 g/mol. The van der Waals surface area contributed by atoms with Crippen LogP contribution in [0, 0.1) is 0 Å². The molecule has 6 heteroatoms. The van der Waals surface area contributed by atoms with Crippen LogP contribution in [0.1, 0.15) is 16.4 Å². The van der Waals surface area contributed by atoms with Gasteiger partial charge in [0.15, 0.2) is 0 Å². The Hall–Kier alpha value is -1.69. The highest BCUT2D eigenvalue weighted by Gasteiger charge is 2.41. The van der Waals surface area contributed by atoms with E-state index in [-0.39, 0.29) is 11.3 Å². The van der Waals surface area contributed by atoms with E-state index < -0.39 is 11.4 Å². The van der Waals surface area contributed by atoms with Crippen molar-refractivity contribution < 1.29 is 17.9 Å². The lowest BCUT2D eigenvalue weighted by Crippen LogP contribution is -2.18. The second-order valence-corrected chi connectivity index (χ2v) is 5.45. The van der Waals surface area contributed by atoms with Crippen molar-refractivity contribution in [2.45, 2.75) is 17.2 Å². The van der Waals surface area contributed by atoms with E-state index in [1.165, 1.54) is 25.4 Å². The molecule has 2 aromatic rings. The third-order valence-electron chi connectivity index (χ3n) is 2.83. The van der Waals surface area contributed by atoms with Crippen LogP contribution in [0.3, 0.4) is 0 Å². The molecule has 0 unspecified atom stereocenters. The highest BCUT2D eigenvalue weighted by atomic mass is 32.2. The molecule has 2 rings (SSSR count). The molecular formula is C15H14F3NOS. The number of rotatable bonds is 5. The maximum absolute atomic E-state index is 13.2. The van der Waals surface area contributed by atoms with Gasteiger partial charge in [0, 0.05) is 18.0 Å². The Morgan fingerprint density at radius 2 is 1.86 bits per heavy atom. The third kappa shape index (κ3) is 4.39. The molecule has 1 aromatic heterocycles. The van der Waals surface area contributed by atoms with Gasteiger partial charge in [0.05, 0.1) is 7.11 Å². The van der Waals surface area contributed by atoms with E-state index in [9.17, 15) is 13.2 Å². The molecule has 0 spiro atoms. The highest BCUT2D eigenvalue weighted by Crippen LogP contribution is 2.44. The van der Waals surface area contributed by atoms with Gasteiger partial charge in [-0.05, 0) is 11.1 Å². The average Bonchev–Trinajstić information content (AvgIpc) is 2.48. The highest BCUT2D eigenvalue weighted by molar-refractivity contribution is 7.98. The molecule has 21 heavy (non-hydrogen) atoms. The summed E-state index contributed by atoms with van der Waals surface area (Å²) in [4.78, 5) is 3.85. The minimum absolute atomic E-state index is 0.129. The molecule has 0 aliphatic rings. The van der Waals surface area contributed by atoms with Crippen molar-refractivity contribution in [2.75, 3.05) is 7.11 Å². The molecule has 0 amide bonds. The quantitative estimate of drug-likeness (QED) is 0.803. The number of benzene rings is 1. The van der Waals surface area contributed by atoms with Gasteiger partial charge in [0.25, 0.3) is 0 Å². The van der Waals surface area contributed by atoms with Crippen LogP contribution >= 0.6 is 11.8 Å². The predicted molar refractivity (Wildman–Crippen MR) is 77.3 cm³/mol. The van der Waals surface area contributed by atoms with Gasteiger partial charge in [0.2, 0.25) is 5.88 Å². The maximum Gasteiger partial charge on any atom is 0.404 e. The van der Waals surface area contributed by atoms with Crippen molar-refractivity contribution >= 4 is 11.8 Å². The fraction of sp³-hybridized carbons (Fsp3) is 0.267. The number of thioether (sulfide) groups is 1. The summed E-state index contributed by atoms with van der Waals surface area (Å²) < 4.78 is 44.5. The van der Waals surface area contributed by atoms with E-state index >= 15 is 0 Å². The first-order valence-corrected chi connectivity index (χ1v) is 7.28. The van der Waals surface area contributed by atoms with Crippen molar-refractivity contribution in [3.63, 3.8) is 0 Å². The molecule has 0 N–H and O–H groups in total. The topological polar surface area (TPSA) is 22.1 Å². The molecule has 0 saturated heterocycles. The van der Waals surface area contributed by atoms with Crippen LogP contribution in [0.15, 0.2) is 48.7 Å². The summed E-state index contributed by atoms with van der Waals surface area (Å²) in [5.74, 6) is 0.588. The van der Waals surface area contributed by atoms with Crippen LogP contribution in [0.5, 0.6) is 5.88 Å². The number of nitrogens with zero attached hydrogens (tertiary/aromatic N) is 1. The Morgan fingerprint density at radius 1 is 1.14 bits per heavy atom. The van der Waals surface area contributed by atoms with Gasteiger partial charge in [-0.1, -0.05) is 36.4 Å². The molecule has 0 radical (unpaired) electrons. The standard InChI is InChI=1S/C15H14F3NOS/c1-20-13-8-7-12(9-19-13)14(15(16,17)18)21-10-11-5-3-2-4-6-11/h2-9,14H,10H2,1H3/t14-/m1/s1. The number of pyridine rings is 1. The Balaban J connectivity index is 2.14. The zero-order valence-corrected chi connectivity index (χ0v) is 12.1. The lowest BCUT2D eigenvalue weighted by atomic mass is 10.2. The fourth-order valence-corrected chi connectivity index (χ4v) is 2.87.